The van der Waals surface area contributed by atoms with E-state index in [2.05, 4.69) is 0 Å². The average Bonchev–Trinajstić information content (AvgIpc) is 2.29. The Balaban J connectivity index is 2.47. The van der Waals surface area contributed by atoms with Crippen LogP contribution < -0.4 is 0 Å². The number of aliphatic hydroxyl groups is 1. The maximum atomic E-state index is 11.5. The molecule has 1 aliphatic carbocycles. The number of hydrogen-bond donors (Lipinski definition) is 1. The number of ether oxygens (including phenoxy) is 1. The first-order valence-electron chi connectivity index (χ1n) is 5.50. The highest BCUT2D eigenvalue weighted by molar-refractivity contribution is 5.89. The van der Waals surface area contributed by atoms with Crippen LogP contribution in [0.15, 0.2) is 23.4 Å². The zero-order valence-corrected chi connectivity index (χ0v) is 9.90. The van der Waals surface area contributed by atoms with Crippen LogP contribution in [0.1, 0.15) is 19.3 Å². The number of carbonyl (C=O) groups is 1. The third-order valence-corrected chi connectivity index (χ3v) is 2.50. The van der Waals surface area contributed by atoms with Gasteiger partial charge >= 0.3 is 5.97 Å². The molecule has 0 aromatic rings. The van der Waals surface area contributed by atoms with Crippen molar-refractivity contribution in [3.05, 3.63) is 23.4 Å². The maximum absolute atomic E-state index is 11.5. The Morgan fingerprint density at radius 2 is 2.19 bits per heavy atom. The molecule has 0 heterocycles. The first-order valence-corrected chi connectivity index (χ1v) is 5.50. The topological polar surface area (TPSA) is 49.8 Å². The summed E-state index contributed by atoms with van der Waals surface area (Å²) >= 11 is 0. The van der Waals surface area contributed by atoms with Crippen LogP contribution in [0.3, 0.4) is 0 Å². The Kier molecular flexibility index (Phi) is 5.05. The molecule has 16 heavy (non-hydrogen) atoms. The Hall–Kier alpha value is -1.29. The molecule has 0 amide bonds. The van der Waals surface area contributed by atoms with Gasteiger partial charge in [0, 0.05) is 38.4 Å². The molecule has 0 saturated carbocycles. The zero-order valence-electron chi connectivity index (χ0n) is 9.90. The summed E-state index contributed by atoms with van der Waals surface area (Å²) in [6, 6.07) is 0. The normalized spacial score (nSPS) is 15.2. The van der Waals surface area contributed by atoms with E-state index in [1.165, 1.54) is 5.70 Å². The van der Waals surface area contributed by atoms with Gasteiger partial charge in [0.15, 0.2) is 0 Å². The van der Waals surface area contributed by atoms with Crippen LogP contribution in [0.4, 0.5) is 0 Å². The molecule has 0 aliphatic heterocycles. The minimum atomic E-state index is -0.262. The number of allylic oxidation sites excluding steroid dienone is 3. The molecule has 1 aliphatic rings. The van der Waals surface area contributed by atoms with Crippen LogP contribution >= 0.6 is 0 Å². The fourth-order valence-electron chi connectivity index (χ4n) is 1.49. The van der Waals surface area contributed by atoms with Crippen LogP contribution in [0.2, 0.25) is 0 Å². The molecule has 4 heteroatoms. The van der Waals surface area contributed by atoms with Crippen LogP contribution in [0, 0.1) is 0 Å². The molecule has 0 aromatic heterocycles. The van der Waals surface area contributed by atoms with Crippen LogP contribution in [-0.4, -0.2) is 43.3 Å². The summed E-state index contributed by atoms with van der Waals surface area (Å²) in [4.78, 5) is 13.6. The first-order chi connectivity index (χ1) is 7.65. The quantitative estimate of drug-likeness (QED) is 0.562. The molecule has 0 saturated heterocycles. The van der Waals surface area contributed by atoms with Crippen molar-refractivity contribution in [2.45, 2.75) is 19.3 Å². The first kappa shape index (κ1) is 12.8. The van der Waals surface area contributed by atoms with E-state index in [0.717, 1.165) is 12.8 Å². The molecule has 0 fully saturated rings. The number of rotatable bonds is 5. The van der Waals surface area contributed by atoms with Crippen LogP contribution in [-0.2, 0) is 9.53 Å². The zero-order chi connectivity index (χ0) is 12.0. The lowest BCUT2D eigenvalue weighted by Gasteiger charge is -2.20. The molecule has 4 nitrogen and oxygen atoms in total. The maximum Gasteiger partial charge on any atom is 0.334 e. The van der Waals surface area contributed by atoms with Crippen molar-refractivity contribution in [2.24, 2.45) is 0 Å². The van der Waals surface area contributed by atoms with Gasteiger partial charge in [-0.15, -0.1) is 0 Å². The van der Waals surface area contributed by atoms with Crippen LogP contribution in [0.25, 0.3) is 0 Å². The summed E-state index contributed by atoms with van der Waals surface area (Å²) in [6.07, 6.45) is 5.86. The second kappa shape index (κ2) is 6.33. The van der Waals surface area contributed by atoms with Gasteiger partial charge in [-0.25, -0.2) is 4.79 Å². The molecular formula is C12H19NO3. The van der Waals surface area contributed by atoms with Gasteiger partial charge in [0.1, 0.15) is 0 Å². The summed E-state index contributed by atoms with van der Waals surface area (Å²) in [5.74, 6) is -0.262. The highest BCUT2D eigenvalue weighted by Crippen LogP contribution is 2.20. The van der Waals surface area contributed by atoms with E-state index in [1.54, 1.807) is 0 Å². The highest BCUT2D eigenvalue weighted by atomic mass is 16.5. The summed E-state index contributed by atoms with van der Waals surface area (Å²) < 4.78 is 5.01. The fraction of sp³-hybridized carbons (Fsp3) is 0.583. The number of esters is 1. The van der Waals surface area contributed by atoms with Gasteiger partial charge in [0.05, 0.1) is 6.61 Å². The fourth-order valence-corrected chi connectivity index (χ4v) is 1.49. The van der Waals surface area contributed by atoms with Crippen molar-refractivity contribution in [3.8, 4) is 0 Å². The predicted octanol–water partition coefficient (Wildman–Crippen LogP) is 1.08. The van der Waals surface area contributed by atoms with E-state index in [-0.39, 0.29) is 19.2 Å². The van der Waals surface area contributed by atoms with Crippen molar-refractivity contribution in [1.29, 1.82) is 0 Å². The standard InChI is InChI=1S/C12H19NO3/c1-13(2)11-6-4-10(5-7-11)12(15)16-9-3-8-14/h4,6,14H,3,5,7-9H2,1-2H3. The minimum Gasteiger partial charge on any atom is -0.462 e. The predicted molar refractivity (Wildman–Crippen MR) is 61.7 cm³/mol. The van der Waals surface area contributed by atoms with Gasteiger partial charge in [-0.05, 0) is 18.9 Å². The molecule has 0 radical (unpaired) electrons. The Labute approximate surface area is 96.2 Å². The second-order valence-electron chi connectivity index (χ2n) is 3.96. The van der Waals surface area contributed by atoms with E-state index in [1.807, 2.05) is 31.1 Å². The smallest absolute Gasteiger partial charge is 0.334 e. The Morgan fingerprint density at radius 1 is 1.44 bits per heavy atom. The molecule has 90 valence electrons. The molecule has 1 rings (SSSR count). The van der Waals surface area contributed by atoms with Crippen molar-refractivity contribution in [2.75, 3.05) is 27.3 Å². The van der Waals surface area contributed by atoms with Gasteiger partial charge < -0.3 is 14.7 Å². The van der Waals surface area contributed by atoms with E-state index in [9.17, 15) is 4.79 Å². The van der Waals surface area contributed by atoms with E-state index < -0.39 is 0 Å². The lowest BCUT2D eigenvalue weighted by molar-refractivity contribution is -0.139. The van der Waals surface area contributed by atoms with E-state index >= 15 is 0 Å². The number of carbonyl (C=O) groups excluding carboxylic acids is 1. The molecule has 0 atom stereocenters. The van der Waals surface area contributed by atoms with Gasteiger partial charge in [0.25, 0.3) is 0 Å². The van der Waals surface area contributed by atoms with Crippen molar-refractivity contribution >= 4 is 5.97 Å². The van der Waals surface area contributed by atoms with Crippen molar-refractivity contribution in [1.82, 2.24) is 4.90 Å². The molecule has 0 spiro atoms. The summed E-state index contributed by atoms with van der Waals surface area (Å²) in [5, 5.41) is 8.56. The van der Waals surface area contributed by atoms with Gasteiger partial charge in [-0.1, -0.05) is 6.08 Å². The molecule has 1 N–H and O–H groups in total. The van der Waals surface area contributed by atoms with E-state index in [4.69, 9.17) is 9.84 Å². The lowest BCUT2D eigenvalue weighted by atomic mass is 10.0. The van der Waals surface area contributed by atoms with Gasteiger partial charge in [-0.3, -0.25) is 0 Å². The molecule has 0 unspecified atom stereocenters. The molecule has 0 bridgehead atoms. The number of nitrogens with zero attached hydrogens (tertiary/aromatic N) is 1. The van der Waals surface area contributed by atoms with Crippen molar-refractivity contribution in [3.63, 3.8) is 0 Å². The molecule has 0 aromatic carbocycles. The highest BCUT2D eigenvalue weighted by Gasteiger charge is 2.15. The SMILES string of the molecule is CN(C)C1=CC=C(C(=O)OCCCO)CC1. The third-order valence-electron chi connectivity index (χ3n) is 2.50. The van der Waals surface area contributed by atoms with E-state index in [0.29, 0.717) is 12.0 Å². The van der Waals surface area contributed by atoms with Gasteiger partial charge in [0.2, 0.25) is 0 Å². The Bertz CT molecular complexity index is 305. The summed E-state index contributed by atoms with van der Waals surface area (Å²) in [7, 11) is 3.98. The van der Waals surface area contributed by atoms with Crippen LogP contribution in [0.5, 0.6) is 0 Å². The van der Waals surface area contributed by atoms with Crippen molar-refractivity contribution < 1.29 is 14.6 Å². The second-order valence-corrected chi connectivity index (χ2v) is 3.96. The molecular weight excluding hydrogens is 206 g/mol. The largest absolute Gasteiger partial charge is 0.462 e. The summed E-state index contributed by atoms with van der Waals surface area (Å²) in [5.41, 5.74) is 1.93. The number of hydrogen-bond acceptors (Lipinski definition) is 4. The average molecular weight is 225 g/mol. The lowest BCUT2D eigenvalue weighted by Crippen LogP contribution is -2.16. The van der Waals surface area contributed by atoms with Gasteiger partial charge in [-0.2, -0.15) is 0 Å². The minimum absolute atomic E-state index is 0.0526. The third kappa shape index (κ3) is 3.70. The number of aliphatic hydroxyl groups excluding tert-OH is 1. The Morgan fingerprint density at radius 3 is 2.69 bits per heavy atom. The summed E-state index contributed by atoms with van der Waals surface area (Å²) in [6.45, 7) is 0.341. The monoisotopic (exact) mass is 225 g/mol.